The van der Waals surface area contributed by atoms with Crippen LogP contribution in [0.1, 0.15) is 63.0 Å². The van der Waals surface area contributed by atoms with Crippen LogP contribution in [0.2, 0.25) is 0 Å². The Kier molecular flexibility index (Phi) is 12.0. The first-order valence-corrected chi connectivity index (χ1v) is 17.9. The van der Waals surface area contributed by atoms with Crippen molar-refractivity contribution in [3.8, 4) is 23.2 Å². The molecule has 4 aromatic rings. The van der Waals surface area contributed by atoms with E-state index in [1.165, 1.54) is 32.8 Å². The number of halogens is 6. The molecule has 280 valence electrons. The van der Waals surface area contributed by atoms with Crippen molar-refractivity contribution in [3.63, 3.8) is 0 Å². The summed E-state index contributed by atoms with van der Waals surface area (Å²) < 4.78 is 90.2. The van der Waals surface area contributed by atoms with Crippen LogP contribution in [0, 0.1) is 28.9 Å². The van der Waals surface area contributed by atoms with E-state index in [-0.39, 0.29) is 50.0 Å². The minimum atomic E-state index is -5.00. The minimum Gasteiger partial charge on any atom is -0.467 e. The van der Waals surface area contributed by atoms with E-state index < -0.39 is 40.6 Å². The molecule has 0 radical (unpaired) electrons. The van der Waals surface area contributed by atoms with Gasteiger partial charge in [0.05, 0.1) is 22.9 Å². The molecule has 3 aliphatic rings. The normalized spacial score (nSPS) is 18.7. The Morgan fingerprint density at radius 3 is 2.48 bits per heavy atom. The van der Waals surface area contributed by atoms with Gasteiger partial charge < -0.3 is 20.7 Å². The van der Waals surface area contributed by atoms with Gasteiger partial charge in [0.2, 0.25) is 5.91 Å². The number of hydrogen-bond acceptors (Lipinski definition) is 9. The van der Waals surface area contributed by atoms with Crippen LogP contribution in [0.4, 0.5) is 37.2 Å². The van der Waals surface area contributed by atoms with Crippen molar-refractivity contribution >= 4 is 49.1 Å². The van der Waals surface area contributed by atoms with Crippen LogP contribution in [-0.2, 0) is 11.0 Å². The number of nitrogens with two attached hydrogens (primary N) is 1. The Balaban J connectivity index is 0.000000221. The molecule has 3 fully saturated rings. The number of rotatable bonds is 5. The second kappa shape index (κ2) is 16.1. The number of nitrogen functional groups attached to an aromatic ring is 1. The van der Waals surface area contributed by atoms with Crippen LogP contribution in [0.25, 0.3) is 32.1 Å². The monoisotopic (exact) mass is 749 g/mol. The van der Waals surface area contributed by atoms with E-state index in [4.69, 9.17) is 10.5 Å². The highest BCUT2D eigenvalue weighted by molar-refractivity contribution is 7.23. The Bertz CT molecular complexity index is 1960. The summed E-state index contributed by atoms with van der Waals surface area (Å²) in [5, 5.41) is 11.8. The summed E-state index contributed by atoms with van der Waals surface area (Å²) in [7, 11) is 4.90. The number of carbonyl (C=O) groups is 1. The maximum Gasteiger partial charge on any atom is 0.417 e. The molecule has 0 spiro atoms. The zero-order valence-corrected chi connectivity index (χ0v) is 30.2. The van der Waals surface area contributed by atoms with Crippen molar-refractivity contribution in [3.05, 3.63) is 41.0 Å². The number of methoxy groups -OCH3 is 1. The largest absolute Gasteiger partial charge is 0.467 e. The molecular weight excluding hydrogens is 708 g/mol. The number of benzene rings is 2. The van der Waals surface area contributed by atoms with Gasteiger partial charge in [-0.05, 0) is 63.3 Å². The van der Waals surface area contributed by atoms with Crippen molar-refractivity contribution in [2.24, 2.45) is 5.92 Å². The molecule has 9 nitrogen and oxygen atoms in total. The predicted octanol–water partition coefficient (Wildman–Crippen LogP) is 8.16. The van der Waals surface area contributed by atoms with Crippen LogP contribution < -0.4 is 15.8 Å². The fraction of sp³-hybridized carbons (Fsp3) is 0.500. The van der Waals surface area contributed by atoms with E-state index in [2.05, 4.69) is 20.2 Å². The number of thiophene rings is 1. The first kappa shape index (κ1) is 38.9. The topological polar surface area (TPSA) is 120 Å². The Morgan fingerprint density at radius 2 is 1.88 bits per heavy atom. The lowest BCUT2D eigenvalue weighted by Gasteiger charge is -2.18. The average molecular weight is 750 g/mol. The van der Waals surface area contributed by atoms with E-state index in [0.29, 0.717) is 35.7 Å². The van der Waals surface area contributed by atoms with Crippen molar-refractivity contribution in [2.75, 3.05) is 51.9 Å². The number of carbonyl (C=O) groups excluding carboxylic acids is 1. The van der Waals surface area contributed by atoms with Gasteiger partial charge in [-0.3, -0.25) is 9.69 Å². The third-order valence-electron chi connectivity index (χ3n) is 9.55. The number of nitriles is 1. The molecule has 16 heteroatoms. The summed E-state index contributed by atoms with van der Waals surface area (Å²) in [4.78, 5) is 23.2. The van der Waals surface area contributed by atoms with Crippen LogP contribution in [0.3, 0.4) is 0 Å². The molecule has 7 rings (SSSR count). The number of alkyl halides is 4. The van der Waals surface area contributed by atoms with Gasteiger partial charge in [-0.25, -0.2) is 13.2 Å². The number of nitrogens with zero attached hydrogens (tertiary/aromatic N) is 5. The quantitative estimate of drug-likeness (QED) is 0.196. The van der Waals surface area contributed by atoms with Crippen LogP contribution in [0.15, 0.2) is 18.2 Å². The highest BCUT2D eigenvalue weighted by Crippen LogP contribution is 2.47. The maximum atomic E-state index is 15.9. The molecule has 52 heavy (non-hydrogen) atoms. The van der Waals surface area contributed by atoms with Gasteiger partial charge in [-0.1, -0.05) is 18.9 Å². The first-order valence-electron chi connectivity index (χ1n) is 17.1. The Hall–Kier alpha value is -4.36. The molecule has 2 aromatic heterocycles. The zero-order valence-electron chi connectivity index (χ0n) is 29.3. The Morgan fingerprint density at radius 1 is 1.17 bits per heavy atom. The molecular formula is C36H41F6N7O2S. The number of aromatic nitrogens is 2. The van der Waals surface area contributed by atoms with Gasteiger partial charge >= 0.3 is 12.2 Å². The second-order valence-corrected chi connectivity index (χ2v) is 14.2. The third-order valence-corrected chi connectivity index (χ3v) is 10.6. The Labute approximate surface area is 301 Å². The molecule has 1 saturated carbocycles. The molecule has 0 bridgehead atoms. The van der Waals surface area contributed by atoms with Crippen LogP contribution in [-0.4, -0.2) is 78.7 Å². The van der Waals surface area contributed by atoms with Crippen LogP contribution >= 0.6 is 11.3 Å². The van der Waals surface area contributed by atoms with E-state index >= 15 is 4.39 Å². The van der Waals surface area contributed by atoms with E-state index in [1.54, 1.807) is 17.9 Å². The highest BCUT2D eigenvalue weighted by Gasteiger charge is 2.38. The van der Waals surface area contributed by atoms with Gasteiger partial charge in [0, 0.05) is 55.5 Å². The smallest absolute Gasteiger partial charge is 0.417 e. The third kappa shape index (κ3) is 8.00. The predicted molar refractivity (Wildman–Crippen MR) is 190 cm³/mol. The van der Waals surface area contributed by atoms with Gasteiger partial charge in [-0.15, -0.1) is 11.3 Å². The van der Waals surface area contributed by atoms with Crippen molar-refractivity contribution < 1.29 is 35.9 Å². The molecule has 2 aromatic carbocycles. The molecule has 2 aliphatic heterocycles. The van der Waals surface area contributed by atoms with Gasteiger partial charge in [0.15, 0.2) is 5.82 Å². The summed E-state index contributed by atoms with van der Waals surface area (Å²) in [5.74, 6) is -1.49. The first-order chi connectivity index (χ1) is 24.7. The summed E-state index contributed by atoms with van der Waals surface area (Å²) in [6, 6.07) is 4.75. The van der Waals surface area contributed by atoms with Gasteiger partial charge in [0.25, 0.3) is 0 Å². The molecule has 2 atom stereocenters. The molecule has 1 amide bonds. The SMILES string of the molecule is CCNc1nc(OC)nc2c(F)c(-c3ccc(F)c4sc(N)c(C#N)c34)c(C(F)(F)F)cc12.CN(C)C(=O)C1CCCC1.FC1CC2CCCN2C1. The van der Waals surface area contributed by atoms with E-state index in [9.17, 15) is 32.0 Å². The molecule has 3 N–H and O–H groups in total. The minimum absolute atomic E-state index is 0.0444. The zero-order chi connectivity index (χ0) is 37.9. The lowest BCUT2D eigenvalue weighted by Crippen LogP contribution is -2.27. The number of amides is 1. The number of ether oxygens (including phenoxy) is 1. The van der Waals surface area contributed by atoms with E-state index in [1.807, 2.05) is 14.1 Å². The number of fused-ring (bicyclic) bond motifs is 3. The molecule has 1 aliphatic carbocycles. The summed E-state index contributed by atoms with van der Waals surface area (Å²) in [5.41, 5.74) is 2.59. The summed E-state index contributed by atoms with van der Waals surface area (Å²) in [6.07, 6.45) is 2.51. The highest BCUT2D eigenvalue weighted by atomic mass is 32.1. The van der Waals surface area contributed by atoms with Crippen molar-refractivity contribution in [1.82, 2.24) is 19.8 Å². The summed E-state index contributed by atoms with van der Waals surface area (Å²) in [6.45, 7) is 3.84. The lowest BCUT2D eigenvalue weighted by atomic mass is 9.92. The van der Waals surface area contributed by atoms with Crippen LogP contribution in [0.5, 0.6) is 6.01 Å². The number of anilines is 2. The molecule has 2 unspecified atom stereocenters. The second-order valence-electron chi connectivity index (χ2n) is 13.2. The molecule has 4 heterocycles. The fourth-order valence-electron chi connectivity index (χ4n) is 7.16. The number of nitrogens with one attached hydrogen (secondary N) is 1. The number of hydrogen-bond donors (Lipinski definition) is 2. The van der Waals surface area contributed by atoms with E-state index in [0.717, 1.165) is 44.0 Å². The van der Waals surface area contributed by atoms with Crippen molar-refractivity contribution in [1.29, 1.82) is 5.26 Å². The maximum absolute atomic E-state index is 15.9. The fourth-order valence-corrected chi connectivity index (χ4v) is 8.11. The lowest BCUT2D eigenvalue weighted by molar-refractivity contribution is -0.137. The summed E-state index contributed by atoms with van der Waals surface area (Å²) >= 11 is 0.698. The standard InChI is InChI=1S/C21H14F5N5OS.C8H15NO.C7H12FN/c1-3-29-19-9-6-11(21(24,25)26)14(15(23)16(9)30-20(31-19)32-2)8-4-5-12(22)17-13(8)10(7-27)18(28)33-17;1-9(2)8(10)7-5-3-4-6-7;8-6-4-7-2-1-3-9(7)5-6/h4-6H,3,28H2,1-2H3,(H,29,30,31);7H,3-6H2,1-2H3;6-7H,1-5H2. The van der Waals surface area contributed by atoms with Gasteiger partial charge in [-0.2, -0.15) is 28.4 Å². The average Bonchev–Trinajstić information content (AvgIpc) is 3.90. The molecule has 2 saturated heterocycles. The van der Waals surface area contributed by atoms with Gasteiger partial charge in [0.1, 0.15) is 34.4 Å². The van der Waals surface area contributed by atoms with Crippen molar-refractivity contribution in [2.45, 2.75) is 70.3 Å².